The largest absolute Gasteiger partial charge is 0.298 e. The van der Waals surface area contributed by atoms with Crippen LogP contribution in [0.1, 0.15) is 53.4 Å². The molecule has 2 nitrogen and oxygen atoms in total. The highest BCUT2D eigenvalue weighted by Crippen LogP contribution is 2.45. The molecular formula is C16H30N2. The van der Waals surface area contributed by atoms with E-state index in [9.17, 15) is 0 Å². The molecule has 0 aromatic carbocycles. The lowest BCUT2D eigenvalue weighted by atomic mass is 9.87. The van der Waals surface area contributed by atoms with E-state index in [1.54, 1.807) is 0 Å². The van der Waals surface area contributed by atoms with Gasteiger partial charge in [0.15, 0.2) is 0 Å². The Kier molecular flexibility index (Phi) is 3.22. The molecule has 2 heteroatoms. The van der Waals surface area contributed by atoms with Crippen molar-refractivity contribution >= 4 is 0 Å². The van der Waals surface area contributed by atoms with Gasteiger partial charge in [0.1, 0.15) is 0 Å². The fourth-order valence-electron chi connectivity index (χ4n) is 4.30. The third kappa shape index (κ3) is 2.12. The molecule has 2 unspecified atom stereocenters. The summed E-state index contributed by atoms with van der Waals surface area (Å²) in [5, 5.41) is 0. The Balaban J connectivity index is 1.80. The summed E-state index contributed by atoms with van der Waals surface area (Å²) < 4.78 is 0. The summed E-state index contributed by atoms with van der Waals surface area (Å²) in [6.45, 7) is 13.8. The van der Waals surface area contributed by atoms with Gasteiger partial charge in [0.2, 0.25) is 0 Å². The number of rotatable bonds is 3. The molecule has 0 spiro atoms. The minimum absolute atomic E-state index is 0.434. The molecule has 2 aliphatic heterocycles. The van der Waals surface area contributed by atoms with E-state index in [0.717, 1.165) is 23.9 Å². The molecule has 1 saturated carbocycles. The van der Waals surface area contributed by atoms with Gasteiger partial charge >= 0.3 is 0 Å². The Morgan fingerprint density at radius 1 is 1.06 bits per heavy atom. The van der Waals surface area contributed by atoms with Crippen LogP contribution in [0.5, 0.6) is 0 Å². The van der Waals surface area contributed by atoms with E-state index >= 15 is 0 Å². The third-order valence-electron chi connectivity index (χ3n) is 5.81. The van der Waals surface area contributed by atoms with Gasteiger partial charge in [0.05, 0.1) is 0 Å². The van der Waals surface area contributed by atoms with Crippen LogP contribution < -0.4 is 0 Å². The lowest BCUT2D eigenvalue weighted by Crippen LogP contribution is -2.64. The Morgan fingerprint density at radius 3 is 2.39 bits per heavy atom. The quantitative estimate of drug-likeness (QED) is 0.760. The van der Waals surface area contributed by atoms with Gasteiger partial charge in [-0.05, 0) is 57.9 Å². The van der Waals surface area contributed by atoms with Crippen molar-refractivity contribution in [3.05, 3.63) is 0 Å². The second-order valence-corrected chi connectivity index (χ2v) is 7.68. The number of piperazine rings is 1. The van der Waals surface area contributed by atoms with Crippen LogP contribution in [0.15, 0.2) is 0 Å². The van der Waals surface area contributed by atoms with Crippen LogP contribution in [0.25, 0.3) is 0 Å². The normalized spacial score (nSPS) is 35.2. The lowest BCUT2D eigenvalue weighted by molar-refractivity contribution is -0.0417. The third-order valence-corrected chi connectivity index (χ3v) is 5.81. The SMILES string of the molecule is CC(C)C1CN2CCCC2CN1C(C)(C)C1CC1. The van der Waals surface area contributed by atoms with Crippen molar-refractivity contribution in [1.82, 2.24) is 9.80 Å². The van der Waals surface area contributed by atoms with Crippen molar-refractivity contribution in [2.24, 2.45) is 11.8 Å². The van der Waals surface area contributed by atoms with Gasteiger partial charge in [0.25, 0.3) is 0 Å². The van der Waals surface area contributed by atoms with Crippen molar-refractivity contribution in [3.8, 4) is 0 Å². The molecule has 2 heterocycles. The first kappa shape index (κ1) is 12.9. The highest BCUT2D eigenvalue weighted by molar-refractivity contribution is 5.03. The summed E-state index contributed by atoms with van der Waals surface area (Å²) in [4.78, 5) is 5.66. The minimum Gasteiger partial charge on any atom is -0.298 e. The Bertz CT molecular complexity index is 306. The summed E-state index contributed by atoms with van der Waals surface area (Å²) in [5.74, 6) is 1.75. The molecule has 0 aromatic rings. The van der Waals surface area contributed by atoms with Crippen molar-refractivity contribution < 1.29 is 0 Å². The molecular weight excluding hydrogens is 220 g/mol. The fourth-order valence-corrected chi connectivity index (χ4v) is 4.30. The number of nitrogens with zero attached hydrogens (tertiary/aromatic N) is 2. The molecule has 0 aromatic heterocycles. The molecule has 0 radical (unpaired) electrons. The molecule has 104 valence electrons. The van der Waals surface area contributed by atoms with Gasteiger partial charge in [0, 0.05) is 30.7 Å². The van der Waals surface area contributed by atoms with Crippen molar-refractivity contribution in [2.75, 3.05) is 19.6 Å². The summed E-state index contributed by atoms with van der Waals surface area (Å²) in [6.07, 6.45) is 5.78. The highest BCUT2D eigenvalue weighted by atomic mass is 15.3. The smallest absolute Gasteiger partial charge is 0.0252 e. The monoisotopic (exact) mass is 250 g/mol. The zero-order valence-corrected chi connectivity index (χ0v) is 12.7. The van der Waals surface area contributed by atoms with Crippen molar-refractivity contribution in [2.45, 2.75) is 71.0 Å². The van der Waals surface area contributed by atoms with E-state index in [4.69, 9.17) is 0 Å². The van der Waals surface area contributed by atoms with Crippen LogP contribution in [0, 0.1) is 11.8 Å². The molecule has 1 aliphatic carbocycles. The first-order valence-corrected chi connectivity index (χ1v) is 8.01. The fraction of sp³-hybridized carbons (Fsp3) is 1.00. The topological polar surface area (TPSA) is 6.48 Å². The molecule has 2 saturated heterocycles. The lowest BCUT2D eigenvalue weighted by Gasteiger charge is -2.53. The maximum atomic E-state index is 2.89. The standard InChI is InChI=1S/C16H30N2/c1-12(2)15-11-17-9-5-6-14(17)10-18(15)16(3,4)13-7-8-13/h12-15H,5-11H2,1-4H3. The van der Waals surface area contributed by atoms with E-state index in [2.05, 4.69) is 37.5 Å². The number of hydrogen-bond donors (Lipinski definition) is 0. The summed E-state index contributed by atoms with van der Waals surface area (Å²) in [5.41, 5.74) is 0.434. The van der Waals surface area contributed by atoms with E-state index in [1.165, 1.54) is 45.3 Å². The summed E-state index contributed by atoms with van der Waals surface area (Å²) in [7, 11) is 0. The minimum atomic E-state index is 0.434. The van der Waals surface area contributed by atoms with Crippen LogP contribution >= 0.6 is 0 Å². The Morgan fingerprint density at radius 2 is 1.78 bits per heavy atom. The zero-order valence-electron chi connectivity index (χ0n) is 12.7. The zero-order chi connectivity index (χ0) is 12.9. The molecule has 0 amide bonds. The molecule has 0 bridgehead atoms. The van der Waals surface area contributed by atoms with Gasteiger partial charge < -0.3 is 0 Å². The first-order valence-electron chi connectivity index (χ1n) is 8.01. The molecule has 3 rings (SSSR count). The van der Waals surface area contributed by atoms with Gasteiger partial charge in [-0.25, -0.2) is 0 Å². The first-order chi connectivity index (χ1) is 8.50. The number of fused-ring (bicyclic) bond motifs is 1. The maximum Gasteiger partial charge on any atom is 0.0252 e. The second kappa shape index (κ2) is 4.49. The summed E-state index contributed by atoms with van der Waals surface area (Å²) in [6, 6.07) is 1.63. The van der Waals surface area contributed by atoms with Gasteiger partial charge in [-0.1, -0.05) is 13.8 Å². The van der Waals surface area contributed by atoms with Gasteiger partial charge in [-0.15, -0.1) is 0 Å². The van der Waals surface area contributed by atoms with E-state index in [1.807, 2.05) is 0 Å². The van der Waals surface area contributed by atoms with Crippen LogP contribution in [0.4, 0.5) is 0 Å². The van der Waals surface area contributed by atoms with Crippen LogP contribution in [-0.2, 0) is 0 Å². The predicted molar refractivity (Wildman–Crippen MR) is 76.7 cm³/mol. The average Bonchev–Trinajstić information content (AvgIpc) is 3.07. The molecule has 3 fully saturated rings. The number of hydrogen-bond acceptors (Lipinski definition) is 2. The second-order valence-electron chi connectivity index (χ2n) is 7.68. The van der Waals surface area contributed by atoms with Gasteiger partial charge in [-0.2, -0.15) is 0 Å². The van der Waals surface area contributed by atoms with Crippen LogP contribution in [0.3, 0.4) is 0 Å². The predicted octanol–water partition coefficient (Wildman–Crippen LogP) is 2.98. The Labute approximate surface area is 113 Å². The molecule has 2 atom stereocenters. The molecule has 3 aliphatic rings. The molecule has 18 heavy (non-hydrogen) atoms. The Hall–Kier alpha value is -0.0800. The van der Waals surface area contributed by atoms with Crippen molar-refractivity contribution in [1.29, 1.82) is 0 Å². The van der Waals surface area contributed by atoms with E-state index < -0.39 is 0 Å². The average molecular weight is 250 g/mol. The maximum absolute atomic E-state index is 2.89. The van der Waals surface area contributed by atoms with Crippen LogP contribution in [0.2, 0.25) is 0 Å². The molecule has 0 N–H and O–H groups in total. The highest BCUT2D eigenvalue weighted by Gasteiger charge is 2.48. The van der Waals surface area contributed by atoms with E-state index in [-0.39, 0.29) is 0 Å². The van der Waals surface area contributed by atoms with Gasteiger partial charge in [-0.3, -0.25) is 9.80 Å². The van der Waals surface area contributed by atoms with Crippen molar-refractivity contribution in [3.63, 3.8) is 0 Å². The van der Waals surface area contributed by atoms with E-state index in [0.29, 0.717) is 5.54 Å². The van der Waals surface area contributed by atoms with Crippen LogP contribution in [-0.4, -0.2) is 47.1 Å². The summed E-state index contributed by atoms with van der Waals surface area (Å²) >= 11 is 0.